The molecule has 4 aromatic rings. The lowest BCUT2D eigenvalue weighted by atomic mass is 10.1. The smallest absolute Gasteiger partial charge is 0.250 e. The van der Waals surface area contributed by atoms with Gasteiger partial charge in [0.25, 0.3) is 5.91 Å². The molecule has 0 aliphatic carbocycles. The van der Waals surface area contributed by atoms with Crippen molar-refractivity contribution in [2.24, 2.45) is 0 Å². The number of hydrogen-bond donors (Lipinski definition) is 1. The molecule has 0 radical (unpaired) electrons. The van der Waals surface area contributed by atoms with Crippen LogP contribution in [0.2, 0.25) is 0 Å². The van der Waals surface area contributed by atoms with Crippen LogP contribution in [0, 0.1) is 6.92 Å². The fourth-order valence-electron chi connectivity index (χ4n) is 4.65. The van der Waals surface area contributed by atoms with E-state index in [1.54, 1.807) is 23.9 Å². The number of amides is 2. The van der Waals surface area contributed by atoms with E-state index in [2.05, 4.69) is 15.6 Å². The first-order valence-corrected chi connectivity index (χ1v) is 12.7. The maximum atomic E-state index is 13.9. The fraction of sp³-hybridized carbons (Fsp3) is 0.357. The zero-order valence-corrected chi connectivity index (χ0v) is 21.5. The van der Waals surface area contributed by atoms with E-state index in [1.165, 1.54) is 4.90 Å². The van der Waals surface area contributed by atoms with Crippen LogP contribution in [-0.4, -0.2) is 58.1 Å². The predicted molar refractivity (Wildman–Crippen MR) is 139 cm³/mol. The van der Waals surface area contributed by atoms with Crippen molar-refractivity contribution in [2.75, 3.05) is 20.3 Å². The molecule has 1 aliphatic rings. The molecule has 0 unspecified atom stereocenters. The zero-order chi connectivity index (χ0) is 26.5. The molecule has 10 heteroatoms. The first-order chi connectivity index (χ1) is 18.5. The van der Waals surface area contributed by atoms with E-state index >= 15 is 0 Å². The minimum atomic E-state index is -0.991. The van der Waals surface area contributed by atoms with Gasteiger partial charge in [-0.3, -0.25) is 9.59 Å². The van der Waals surface area contributed by atoms with E-state index in [9.17, 15) is 9.59 Å². The Bertz CT molecular complexity index is 1390. The third kappa shape index (κ3) is 5.70. The van der Waals surface area contributed by atoms with Crippen LogP contribution >= 0.6 is 0 Å². The normalized spacial score (nSPS) is 15.9. The van der Waals surface area contributed by atoms with Crippen LogP contribution in [0.5, 0.6) is 5.75 Å². The standard InChI is InChI=1S/C28H31N5O5/c1-19-9-14-25(38-19)27(28(35)29-16-22-6-5-15-37-22)32(17-20-10-12-21(36-2)13-11-20)26(34)18-33-24-8-4-3-7-23(24)30-31-33/h3-4,7-14,22,27H,5-6,15-18H2,1-2H3,(H,29,35)/t22-,27-/m1/s1. The summed E-state index contributed by atoms with van der Waals surface area (Å²) in [5.41, 5.74) is 2.26. The number of rotatable bonds is 10. The van der Waals surface area contributed by atoms with Gasteiger partial charge in [0.2, 0.25) is 5.91 Å². The topological polar surface area (TPSA) is 112 Å². The van der Waals surface area contributed by atoms with Crippen molar-refractivity contribution < 1.29 is 23.5 Å². The molecular weight excluding hydrogens is 486 g/mol. The van der Waals surface area contributed by atoms with Crippen LogP contribution in [-0.2, 0) is 27.4 Å². The second kappa shape index (κ2) is 11.5. The van der Waals surface area contributed by atoms with Gasteiger partial charge in [-0.15, -0.1) is 5.10 Å². The van der Waals surface area contributed by atoms with Crippen LogP contribution in [0.1, 0.15) is 36.0 Å². The van der Waals surface area contributed by atoms with Crippen molar-refractivity contribution in [3.8, 4) is 5.75 Å². The SMILES string of the molecule is COc1ccc(CN(C(=O)Cn2nnc3ccccc32)[C@@H](C(=O)NC[C@H]2CCCO2)c2ccc(C)o2)cc1. The molecule has 2 atom stereocenters. The van der Waals surface area contributed by atoms with Gasteiger partial charge in [-0.25, -0.2) is 4.68 Å². The van der Waals surface area contributed by atoms with Crippen molar-refractivity contribution in [3.63, 3.8) is 0 Å². The zero-order valence-electron chi connectivity index (χ0n) is 21.5. The number of carbonyl (C=O) groups excluding carboxylic acids is 2. The molecular formula is C28H31N5O5. The molecule has 1 N–H and O–H groups in total. The summed E-state index contributed by atoms with van der Waals surface area (Å²) in [6, 6.07) is 17.4. The molecule has 3 heterocycles. The molecule has 2 amide bonds. The van der Waals surface area contributed by atoms with Crippen molar-refractivity contribution in [1.82, 2.24) is 25.2 Å². The van der Waals surface area contributed by atoms with E-state index < -0.39 is 6.04 Å². The number of ether oxygens (including phenoxy) is 2. The van der Waals surface area contributed by atoms with E-state index in [0.29, 0.717) is 35.9 Å². The van der Waals surface area contributed by atoms with E-state index in [-0.39, 0.29) is 31.0 Å². The Morgan fingerprint density at radius 2 is 1.97 bits per heavy atom. The van der Waals surface area contributed by atoms with Gasteiger partial charge in [0.15, 0.2) is 6.04 Å². The molecule has 1 aliphatic heterocycles. The number of hydrogen-bond acceptors (Lipinski definition) is 7. The summed E-state index contributed by atoms with van der Waals surface area (Å²) in [4.78, 5) is 29.1. The highest BCUT2D eigenvalue weighted by Crippen LogP contribution is 2.27. The Hall–Kier alpha value is -4.18. The molecule has 10 nitrogen and oxygen atoms in total. The number of nitrogens with one attached hydrogen (secondary N) is 1. The van der Waals surface area contributed by atoms with Gasteiger partial charge < -0.3 is 24.1 Å². The van der Waals surface area contributed by atoms with Gasteiger partial charge in [-0.2, -0.15) is 0 Å². The quantitative estimate of drug-likeness (QED) is 0.343. The van der Waals surface area contributed by atoms with E-state index in [0.717, 1.165) is 23.9 Å². The lowest BCUT2D eigenvalue weighted by molar-refractivity contribution is -0.143. The molecule has 0 saturated carbocycles. The molecule has 0 spiro atoms. The largest absolute Gasteiger partial charge is 0.497 e. The number of nitrogens with zero attached hydrogens (tertiary/aromatic N) is 4. The van der Waals surface area contributed by atoms with Gasteiger partial charge in [0.05, 0.1) is 18.7 Å². The second-order valence-electron chi connectivity index (χ2n) is 9.34. The van der Waals surface area contributed by atoms with Crippen LogP contribution < -0.4 is 10.1 Å². The van der Waals surface area contributed by atoms with Crippen molar-refractivity contribution >= 4 is 22.8 Å². The van der Waals surface area contributed by atoms with Crippen LogP contribution in [0.15, 0.2) is 65.1 Å². The molecule has 1 fully saturated rings. The van der Waals surface area contributed by atoms with Crippen LogP contribution in [0.4, 0.5) is 0 Å². The highest BCUT2D eigenvalue weighted by atomic mass is 16.5. The number of furan rings is 1. The second-order valence-corrected chi connectivity index (χ2v) is 9.34. The lowest BCUT2D eigenvalue weighted by Crippen LogP contribution is -2.46. The van der Waals surface area contributed by atoms with Crippen molar-refractivity contribution in [3.05, 3.63) is 77.7 Å². The number of fused-ring (bicyclic) bond motifs is 1. The van der Waals surface area contributed by atoms with Gasteiger partial charge in [0, 0.05) is 19.7 Å². The molecule has 198 valence electrons. The highest BCUT2D eigenvalue weighted by Gasteiger charge is 2.35. The Kier molecular flexibility index (Phi) is 7.69. The lowest BCUT2D eigenvalue weighted by Gasteiger charge is -2.30. The van der Waals surface area contributed by atoms with E-state index in [4.69, 9.17) is 13.9 Å². The van der Waals surface area contributed by atoms with Gasteiger partial charge in [-0.1, -0.05) is 29.5 Å². The molecule has 1 saturated heterocycles. The minimum absolute atomic E-state index is 0.0369. The minimum Gasteiger partial charge on any atom is -0.497 e. The Labute approximate surface area is 220 Å². The van der Waals surface area contributed by atoms with Crippen molar-refractivity contribution in [1.29, 1.82) is 0 Å². The molecule has 2 aromatic carbocycles. The maximum Gasteiger partial charge on any atom is 0.250 e. The summed E-state index contributed by atoms with van der Waals surface area (Å²) in [6.07, 6.45) is 1.82. The monoisotopic (exact) mass is 517 g/mol. The predicted octanol–water partition coefficient (Wildman–Crippen LogP) is 3.41. The number of para-hydroxylation sites is 1. The summed E-state index contributed by atoms with van der Waals surface area (Å²) in [6.45, 7) is 2.95. The molecule has 2 aromatic heterocycles. The van der Waals surface area contributed by atoms with Gasteiger partial charge in [-0.05, 0) is 61.7 Å². The molecule has 38 heavy (non-hydrogen) atoms. The summed E-state index contributed by atoms with van der Waals surface area (Å²) in [5.74, 6) is 1.10. The first-order valence-electron chi connectivity index (χ1n) is 12.7. The highest BCUT2D eigenvalue weighted by molar-refractivity contribution is 5.88. The number of carbonyl (C=O) groups is 2. The Balaban J connectivity index is 1.47. The third-order valence-corrected chi connectivity index (χ3v) is 6.66. The van der Waals surface area contributed by atoms with Crippen LogP contribution in [0.3, 0.4) is 0 Å². The number of methoxy groups -OCH3 is 1. The van der Waals surface area contributed by atoms with Crippen LogP contribution in [0.25, 0.3) is 11.0 Å². The molecule has 0 bridgehead atoms. The summed E-state index contributed by atoms with van der Waals surface area (Å²) in [7, 11) is 1.60. The average molecular weight is 518 g/mol. The Morgan fingerprint density at radius 3 is 2.68 bits per heavy atom. The van der Waals surface area contributed by atoms with Crippen molar-refractivity contribution in [2.45, 2.75) is 45.0 Å². The summed E-state index contributed by atoms with van der Waals surface area (Å²) >= 11 is 0. The first kappa shape index (κ1) is 25.5. The number of benzene rings is 2. The molecule has 5 rings (SSSR count). The average Bonchev–Trinajstić information content (AvgIpc) is 3.70. The fourth-order valence-corrected chi connectivity index (χ4v) is 4.65. The van der Waals surface area contributed by atoms with Gasteiger partial charge >= 0.3 is 0 Å². The number of aromatic nitrogens is 3. The Morgan fingerprint density at radius 1 is 1.16 bits per heavy atom. The third-order valence-electron chi connectivity index (χ3n) is 6.66. The summed E-state index contributed by atoms with van der Waals surface area (Å²) in [5, 5.41) is 11.3. The van der Waals surface area contributed by atoms with E-state index in [1.807, 2.05) is 55.5 Å². The van der Waals surface area contributed by atoms with Gasteiger partial charge in [0.1, 0.15) is 29.3 Å². The maximum absolute atomic E-state index is 13.9. The number of aryl methyl sites for hydroxylation is 1. The summed E-state index contributed by atoms with van der Waals surface area (Å²) < 4.78 is 18.4.